The van der Waals surface area contributed by atoms with Gasteiger partial charge in [0.05, 0.1) is 4.90 Å². The minimum Gasteiger partial charge on any atom is -0.296 e. The lowest BCUT2D eigenvalue weighted by Crippen LogP contribution is -2.31. The van der Waals surface area contributed by atoms with E-state index in [-0.39, 0.29) is 20.0 Å². The van der Waals surface area contributed by atoms with Gasteiger partial charge in [-0.1, -0.05) is 34.8 Å². The monoisotopic (exact) mass is 443 g/mol. The summed E-state index contributed by atoms with van der Waals surface area (Å²) < 4.78 is 26.4. The van der Waals surface area contributed by atoms with E-state index in [4.69, 9.17) is 34.8 Å². The molecule has 27 heavy (non-hydrogen) atoms. The summed E-state index contributed by atoms with van der Waals surface area (Å²) in [7, 11) is -2.44. The molecule has 0 radical (unpaired) electrons. The van der Waals surface area contributed by atoms with Crippen molar-refractivity contribution in [3.63, 3.8) is 0 Å². The highest BCUT2D eigenvalue weighted by Crippen LogP contribution is 2.26. The largest absolute Gasteiger partial charge is 0.348 e. The Morgan fingerprint density at radius 1 is 0.963 bits per heavy atom. The second-order valence-corrected chi connectivity index (χ2v) is 8.73. The average molecular weight is 445 g/mol. The third kappa shape index (κ3) is 4.11. The number of amides is 1. The van der Waals surface area contributed by atoms with Crippen LogP contribution in [0.5, 0.6) is 0 Å². The van der Waals surface area contributed by atoms with Crippen LogP contribution >= 0.6 is 34.8 Å². The second kappa shape index (κ2) is 7.52. The zero-order chi connectivity index (χ0) is 19.8. The van der Waals surface area contributed by atoms with Gasteiger partial charge in [-0.25, -0.2) is 13.2 Å². The quantitative estimate of drug-likeness (QED) is 0.583. The van der Waals surface area contributed by atoms with E-state index in [9.17, 15) is 13.2 Å². The molecule has 1 heterocycles. The van der Waals surface area contributed by atoms with Crippen LogP contribution in [-0.4, -0.2) is 31.3 Å². The second-order valence-electron chi connectivity index (χ2n) is 5.53. The van der Waals surface area contributed by atoms with E-state index in [0.717, 1.165) is 4.68 Å². The maximum absolute atomic E-state index is 12.7. The fourth-order valence-corrected chi connectivity index (χ4v) is 4.31. The van der Waals surface area contributed by atoms with Gasteiger partial charge in [0, 0.05) is 34.0 Å². The van der Waals surface area contributed by atoms with Gasteiger partial charge < -0.3 is 0 Å². The number of carbonyl (C=O) groups is 1. The standard InChI is InChI=1S/C17H12Cl3N3O3S/c1-22(14-4-2-11(18)3-5-14)17(24)23-7-6-16(21-23)27(25,26)15-9-12(19)8-13(20)10-15/h2-10H,1H3. The molecule has 10 heteroatoms. The molecule has 0 aliphatic heterocycles. The minimum absolute atomic E-state index is 0.108. The first-order valence-electron chi connectivity index (χ1n) is 7.49. The summed E-state index contributed by atoms with van der Waals surface area (Å²) in [4.78, 5) is 13.8. The summed E-state index contributed by atoms with van der Waals surface area (Å²) in [6, 6.07) is 11.3. The van der Waals surface area contributed by atoms with Gasteiger partial charge in [-0.2, -0.15) is 9.78 Å². The Labute approximate surface area is 170 Å². The van der Waals surface area contributed by atoms with Crippen molar-refractivity contribution in [1.29, 1.82) is 0 Å². The van der Waals surface area contributed by atoms with Gasteiger partial charge in [0.15, 0.2) is 5.03 Å². The van der Waals surface area contributed by atoms with Gasteiger partial charge in [-0.3, -0.25) is 4.90 Å². The maximum atomic E-state index is 12.7. The van der Waals surface area contributed by atoms with Gasteiger partial charge in [0.25, 0.3) is 0 Å². The van der Waals surface area contributed by atoms with Gasteiger partial charge in [-0.15, -0.1) is 0 Å². The number of benzene rings is 2. The Morgan fingerprint density at radius 3 is 2.15 bits per heavy atom. The number of sulfone groups is 1. The third-order valence-electron chi connectivity index (χ3n) is 3.68. The third-order valence-corrected chi connectivity index (χ3v) is 6.00. The zero-order valence-electron chi connectivity index (χ0n) is 13.8. The SMILES string of the molecule is CN(C(=O)n1ccc(S(=O)(=O)c2cc(Cl)cc(Cl)c2)n1)c1ccc(Cl)cc1. The molecule has 0 saturated heterocycles. The van der Waals surface area contributed by atoms with E-state index in [1.807, 2.05) is 0 Å². The van der Waals surface area contributed by atoms with Crippen LogP contribution in [0.25, 0.3) is 0 Å². The first-order valence-corrected chi connectivity index (χ1v) is 10.1. The van der Waals surface area contributed by atoms with Crippen LogP contribution < -0.4 is 4.90 Å². The summed E-state index contributed by atoms with van der Waals surface area (Å²) in [5.41, 5.74) is 0.575. The van der Waals surface area contributed by atoms with Crippen LogP contribution in [0.3, 0.4) is 0 Å². The van der Waals surface area contributed by atoms with Gasteiger partial charge >= 0.3 is 6.03 Å². The summed E-state index contributed by atoms with van der Waals surface area (Å²) in [5.74, 6) is 0. The Morgan fingerprint density at radius 2 is 1.56 bits per heavy atom. The fourth-order valence-electron chi connectivity index (χ4n) is 2.29. The molecule has 0 bridgehead atoms. The molecular formula is C17H12Cl3N3O3S. The molecule has 0 aliphatic carbocycles. The van der Waals surface area contributed by atoms with Gasteiger partial charge in [0.1, 0.15) is 0 Å². The van der Waals surface area contributed by atoms with Crippen molar-refractivity contribution in [2.24, 2.45) is 0 Å². The number of anilines is 1. The molecule has 2 aromatic carbocycles. The molecule has 0 spiro atoms. The minimum atomic E-state index is -3.98. The summed E-state index contributed by atoms with van der Waals surface area (Å²) >= 11 is 17.6. The number of halogens is 3. The number of carbonyl (C=O) groups excluding carboxylic acids is 1. The smallest absolute Gasteiger partial charge is 0.296 e. The predicted octanol–water partition coefficient (Wildman–Crippen LogP) is 4.78. The molecule has 3 rings (SSSR count). The van der Waals surface area contributed by atoms with Crippen LogP contribution in [0.4, 0.5) is 10.5 Å². The first kappa shape index (κ1) is 19.7. The number of hydrogen-bond donors (Lipinski definition) is 0. The molecule has 0 unspecified atom stereocenters. The molecule has 6 nitrogen and oxygen atoms in total. The van der Waals surface area contributed by atoms with Crippen LogP contribution in [0, 0.1) is 0 Å². The van der Waals surface area contributed by atoms with Crippen LogP contribution in [-0.2, 0) is 9.84 Å². The summed E-state index contributed by atoms with van der Waals surface area (Å²) in [6.45, 7) is 0. The van der Waals surface area contributed by atoms with E-state index < -0.39 is 15.9 Å². The van der Waals surface area contributed by atoms with E-state index in [1.165, 1.54) is 42.4 Å². The lowest BCUT2D eigenvalue weighted by atomic mass is 10.3. The van der Waals surface area contributed by atoms with Crippen molar-refractivity contribution in [2.75, 3.05) is 11.9 Å². The molecule has 1 amide bonds. The molecule has 0 saturated carbocycles. The Bertz CT molecular complexity index is 1090. The Balaban J connectivity index is 1.91. The summed E-state index contributed by atoms with van der Waals surface area (Å²) in [5, 5.41) is 4.51. The molecule has 0 fully saturated rings. The van der Waals surface area contributed by atoms with E-state index in [1.54, 1.807) is 24.3 Å². The lowest BCUT2D eigenvalue weighted by molar-refractivity contribution is 0.246. The molecule has 1 aromatic heterocycles. The van der Waals surface area contributed by atoms with Crippen molar-refractivity contribution < 1.29 is 13.2 Å². The van der Waals surface area contributed by atoms with E-state index in [0.29, 0.717) is 10.7 Å². The molecule has 0 N–H and O–H groups in total. The normalized spacial score (nSPS) is 11.4. The predicted molar refractivity (Wildman–Crippen MR) is 105 cm³/mol. The molecule has 0 atom stereocenters. The number of aromatic nitrogens is 2. The maximum Gasteiger partial charge on any atom is 0.348 e. The lowest BCUT2D eigenvalue weighted by Gasteiger charge is -2.16. The summed E-state index contributed by atoms with van der Waals surface area (Å²) in [6.07, 6.45) is 1.27. The van der Waals surface area contributed by atoms with Crippen molar-refractivity contribution in [2.45, 2.75) is 9.92 Å². The van der Waals surface area contributed by atoms with Crippen LogP contribution in [0.2, 0.25) is 15.1 Å². The van der Waals surface area contributed by atoms with Crippen LogP contribution in [0.15, 0.2) is 64.6 Å². The van der Waals surface area contributed by atoms with Gasteiger partial charge in [-0.05, 0) is 48.5 Å². The number of rotatable bonds is 3. The highest BCUT2D eigenvalue weighted by molar-refractivity contribution is 7.91. The molecule has 140 valence electrons. The molecular weight excluding hydrogens is 433 g/mol. The van der Waals surface area contributed by atoms with Crippen LogP contribution in [0.1, 0.15) is 0 Å². The molecule has 0 aliphatic rings. The fraction of sp³-hybridized carbons (Fsp3) is 0.0588. The van der Waals surface area contributed by atoms with E-state index >= 15 is 0 Å². The highest BCUT2D eigenvalue weighted by Gasteiger charge is 2.24. The van der Waals surface area contributed by atoms with Crippen molar-refractivity contribution in [3.8, 4) is 0 Å². The van der Waals surface area contributed by atoms with Crippen molar-refractivity contribution >= 4 is 56.4 Å². The number of nitrogens with zero attached hydrogens (tertiary/aromatic N) is 3. The van der Waals surface area contributed by atoms with Gasteiger partial charge in [0.2, 0.25) is 9.84 Å². The van der Waals surface area contributed by atoms with Crippen molar-refractivity contribution in [1.82, 2.24) is 9.78 Å². The van der Waals surface area contributed by atoms with E-state index in [2.05, 4.69) is 5.10 Å². The Kier molecular flexibility index (Phi) is 5.48. The topological polar surface area (TPSA) is 72.3 Å². The highest BCUT2D eigenvalue weighted by atomic mass is 35.5. The zero-order valence-corrected chi connectivity index (χ0v) is 16.9. The Hall–Kier alpha value is -2.06. The average Bonchev–Trinajstić information content (AvgIpc) is 3.11. The first-order chi connectivity index (χ1) is 12.7. The molecule has 3 aromatic rings. The number of hydrogen-bond acceptors (Lipinski definition) is 4. The van der Waals surface area contributed by atoms with Crippen molar-refractivity contribution in [3.05, 3.63) is 69.8 Å².